The first-order valence-corrected chi connectivity index (χ1v) is 8.02. The predicted molar refractivity (Wildman–Crippen MR) is 76.2 cm³/mol. The van der Waals surface area contributed by atoms with E-state index in [-0.39, 0.29) is 17.0 Å². The molecule has 1 aliphatic carbocycles. The summed E-state index contributed by atoms with van der Waals surface area (Å²) in [6, 6.07) is -0.218. The number of thiocarbonyl (C=S) groups is 1. The van der Waals surface area contributed by atoms with E-state index in [1.807, 2.05) is 0 Å². The van der Waals surface area contributed by atoms with Gasteiger partial charge in [-0.2, -0.15) is 0 Å². The van der Waals surface area contributed by atoms with Crippen LogP contribution >= 0.6 is 12.2 Å². The predicted octanol–water partition coefficient (Wildman–Crippen LogP) is 0.462. The highest BCUT2D eigenvalue weighted by atomic mass is 32.2. The number of hydrogen-bond acceptors (Lipinski definition) is 4. The van der Waals surface area contributed by atoms with Crippen LogP contribution in [0.3, 0.4) is 0 Å². The number of sulfonamides is 1. The number of rotatable bonds is 4. The fraction of sp³-hybridized carbons (Fsp3) is 0.636. The van der Waals surface area contributed by atoms with Crippen LogP contribution in [-0.2, 0) is 17.1 Å². The number of hydrogen-bond donors (Lipinski definition) is 2. The molecule has 0 radical (unpaired) electrons. The van der Waals surface area contributed by atoms with E-state index in [0.717, 1.165) is 19.3 Å². The minimum Gasteiger partial charge on any atom is -0.393 e. The maximum Gasteiger partial charge on any atom is 0.259 e. The number of aryl methyl sites for hydroxylation is 2. The van der Waals surface area contributed by atoms with Gasteiger partial charge in [-0.05, 0) is 19.8 Å². The Hall–Kier alpha value is -0.990. The van der Waals surface area contributed by atoms with Gasteiger partial charge in [-0.25, -0.2) is 18.1 Å². The molecule has 0 saturated heterocycles. The maximum atomic E-state index is 12.3. The van der Waals surface area contributed by atoms with Crippen molar-refractivity contribution >= 4 is 27.2 Å². The minimum atomic E-state index is -3.61. The van der Waals surface area contributed by atoms with Gasteiger partial charge in [-0.15, -0.1) is 0 Å². The molecule has 3 N–H and O–H groups in total. The fourth-order valence-corrected chi connectivity index (χ4v) is 3.99. The van der Waals surface area contributed by atoms with Crippen LogP contribution < -0.4 is 10.5 Å². The third kappa shape index (κ3) is 2.96. The first-order valence-electron chi connectivity index (χ1n) is 6.13. The standard InChI is InChI=1S/C11H18N4O2S2/c1-7-13-10(6-15(7)2)19(16,17)14-9-5-3-4-8(9)11(12)18/h6,8-9,14H,3-5H2,1-2H3,(H2,12,18). The van der Waals surface area contributed by atoms with Gasteiger partial charge in [0.1, 0.15) is 5.82 Å². The molecular weight excluding hydrogens is 284 g/mol. The Morgan fingerprint density at radius 1 is 1.58 bits per heavy atom. The molecule has 19 heavy (non-hydrogen) atoms. The van der Waals surface area contributed by atoms with Crippen molar-refractivity contribution in [3.05, 3.63) is 12.0 Å². The molecule has 1 aliphatic rings. The molecule has 0 aromatic carbocycles. The number of nitrogens with one attached hydrogen (secondary N) is 1. The molecule has 2 atom stereocenters. The topological polar surface area (TPSA) is 90.0 Å². The van der Waals surface area contributed by atoms with E-state index in [9.17, 15) is 8.42 Å². The smallest absolute Gasteiger partial charge is 0.259 e. The Morgan fingerprint density at radius 3 is 2.79 bits per heavy atom. The van der Waals surface area contributed by atoms with Crippen molar-refractivity contribution < 1.29 is 8.42 Å². The zero-order valence-electron chi connectivity index (χ0n) is 11.0. The second-order valence-corrected chi connectivity index (χ2v) is 7.04. The molecule has 1 aromatic heterocycles. The zero-order chi connectivity index (χ0) is 14.2. The molecule has 0 aliphatic heterocycles. The molecule has 1 heterocycles. The molecule has 1 saturated carbocycles. The maximum absolute atomic E-state index is 12.3. The van der Waals surface area contributed by atoms with E-state index < -0.39 is 10.0 Å². The van der Waals surface area contributed by atoms with Crippen molar-refractivity contribution in [2.45, 2.75) is 37.3 Å². The van der Waals surface area contributed by atoms with Gasteiger partial charge in [-0.1, -0.05) is 18.6 Å². The van der Waals surface area contributed by atoms with Gasteiger partial charge < -0.3 is 10.3 Å². The fourth-order valence-electron chi connectivity index (χ4n) is 2.36. The number of aromatic nitrogens is 2. The van der Waals surface area contributed by atoms with Crippen LogP contribution in [0, 0.1) is 12.8 Å². The molecule has 8 heteroatoms. The van der Waals surface area contributed by atoms with Crippen LogP contribution in [0.25, 0.3) is 0 Å². The lowest BCUT2D eigenvalue weighted by molar-refractivity contribution is 0.523. The summed E-state index contributed by atoms with van der Waals surface area (Å²) in [4.78, 5) is 4.42. The summed E-state index contributed by atoms with van der Waals surface area (Å²) in [5, 5.41) is 0.0427. The Balaban J connectivity index is 2.20. The van der Waals surface area contributed by atoms with Crippen molar-refractivity contribution in [2.75, 3.05) is 0 Å². The highest BCUT2D eigenvalue weighted by Gasteiger charge is 2.33. The monoisotopic (exact) mass is 302 g/mol. The number of nitrogens with zero attached hydrogens (tertiary/aromatic N) is 2. The number of imidazole rings is 1. The van der Waals surface area contributed by atoms with Crippen LogP contribution in [0.2, 0.25) is 0 Å². The number of nitrogens with two attached hydrogens (primary N) is 1. The average molecular weight is 302 g/mol. The van der Waals surface area contributed by atoms with Crippen LogP contribution in [0.1, 0.15) is 25.1 Å². The Morgan fingerprint density at radius 2 is 2.26 bits per heavy atom. The first-order chi connectivity index (χ1) is 8.81. The van der Waals surface area contributed by atoms with E-state index in [1.165, 1.54) is 6.20 Å². The molecule has 2 rings (SSSR count). The van der Waals surface area contributed by atoms with Gasteiger partial charge in [0.05, 0.1) is 4.99 Å². The van der Waals surface area contributed by atoms with Crippen molar-refractivity contribution in [2.24, 2.45) is 18.7 Å². The van der Waals surface area contributed by atoms with Gasteiger partial charge >= 0.3 is 0 Å². The minimum absolute atomic E-state index is 0.0427. The SMILES string of the molecule is Cc1nc(S(=O)(=O)NC2CCCC2C(N)=S)cn1C. The summed E-state index contributed by atoms with van der Waals surface area (Å²) in [6.07, 6.45) is 4.02. The lowest BCUT2D eigenvalue weighted by atomic mass is 10.1. The van der Waals surface area contributed by atoms with E-state index in [4.69, 9.17) is 18.0 Å². The van der Waals surface area contributed by atoms with Gasteiger partial charge in [0, 0.05) is 25.2 Å². The lowest BCUT2D eigenvalue weighted by Gasteiger charge is -2.19. The van der Waals surface area contributed by atoms with E-state index in [2.05, 4.69) is 9.71 Å². The highest BCUT2D eigenvalue weighted by Crippen LogP contribution is 2.27. The van der Waals surface area contributed by atoms with Crippen LogP contribution in [0.5, 0.6) is 0 Å². The largest absolute Gasteiger partial charge is 0.393 e. The van der Waals surface area contributed by atoms with Crippen LogP contribution in [0.15, 0.2) is 11.2 Å². The molecule has 106 valence electrons. The molecule has 0 bridgehead atoms. The van der Waals surface area contributed by atoms with E-state index >= 15 is 0 Å². The second kappa shape index (κ2) is 5.18. The molecule has 1 fully saturated rings. The van der Waals surface area contributed by atoms with Gasteiger partial charge in [0.2, 0.25) is 0 Å². The zero-order valence-corrected chi connectivity index (χ0v) is 12.6. The molecule has 1 aromatic rings. The normalized spacial score (nSPS) is 23.7. The second-order valence-electron chi connectivity index (χ2n) is 4.90. The third-order valence-electron chi connectivity index (χ3n) is 3.55. The summed E-state index contributed by atoms with van der Waals surface area (Å²) in [5.74, 6) is 0.590. The van der Waals surface area contributed by atoms with Crippen molar-refractivity contribution in [3.8, 4) is 0 Å². The lowest BCUT2D eigenvalue weighted by Crippen LogP contribution is -2.41. The van der Waals surface area contributed by atoms with Crippen LogP contribution in [0.4, 0.5) is 0 Å². The van der Waals surface area contributed by atoms with Crippen LogP contribution in [-0.4, -0.2) is 29.0 Å². The molecule has 2 unspecified atom stereocenters. The van der Waals surface area contributed by atoms with Gasteiger partial charge in [0.25, 0.3) is 10.0 Å². The third-order valence-corrected chi connectivity index (χ3v) is 5.21. The first kappa shape index (κ1) is 14.4. The van der Waals surface area contributed by atoms with E-state index in [1.54, 1.807) is 18.5 Å². The Bertz CT molecular complexity index is 574. The van der Waals surface area contributed by atoms with Crippen molar-refractivity contribution in [1.29, 1.82) is 0 Å². The summed E-state index contributed by atoms with van der Waals surface area (Å²) in [6.45, 7) is 1.76. The van der Waals surface area contributed by atoms with Gasteiger partial charge in [-0.3, -0.25) is 0 Å². The quantitative estimate of drug-likeness (QED) is 0.789. The Labute approximate surface area is 118 Å². The average Bonchev–Trinajstić information content (AvgIpc) is 2.87. The van der Waals surface area contributed by atoms with E-state index in [0.29, 0.717) is 10.8 Å². The summed E-state index contributed by atoms with van der Waals surface area (Å²) in [5.41, 5.74) is 5.65. The molecular formula is C11H18N4O2S2. The van der Waals surface area contributed by atoms with Crippen molar-refractivity contribution in [3.63, 3.8) is 0 Å². The Kier molecular flexibility index (Phi) is 3.93. The van der Waals surface area contributed by atoms with Crippen molar-refractivity contribution in [1.82, 2.24) is 14.3 Å². The highest BCUT2D eigenvalue weighted by molar-refractivity contribution is 7.89. The molecule has 0 spiro atoms. The molecule has 6 nitrogen and oxygen atoms in total. The summed E-state index contributed by atoms with van der Waals surface area (Å²) >= 11 is 4.99. The summed E-state index contributed by atoms with van der Waals surface area (Å²) in [7, 11) is -1.85. The summed E-state index contributed by atoms with van der Waals surface area (Å²) < 4.78 is 28.8. The van der Waals surface area contributed by atoms with Gasteiger partial charge in [0.15, 0.2) is 5.03 Å². The molecule has 0 amide bonds.